The maximum Gasteiger partial charge on any atom is 0.306 e. The van der Waals surface area contributed by atoms with Gasteiger partial charge < -0.3 is 9.84 Å². The van der Waals surface area contributed by atoms with Gasteiger partial charge in [0, 0.05) is 6.42 Å². The minimum absolute atomic E-state index is 0.0193. The van der Waals surface area contributed by atoms with Gasteiger partial charge in [-0.2, -0.15) is 0 Å². The maximum absolute atomic E-state index is 11.5. The van der Waals surface area contributed by atoms with E-state index in [1.54, 1.807) is 0 Å². The molecule has 0 spiro atoms. The fraction of sp³-hybridized carbons (Fsp3) is 0.654. The highest BCUT2D eigenvalue weighted by atomic mass is 16.5. The van der Waals surface area contributed by atoms with E-state index in [2.05, 4.69) is 36.4 Å². The smallest absolute Gasteiger partial charge is 0.306 e. The van der Waals surface area contributed by atoms with Gasteiger partial charge in [-0.15, -0.1) is 0 Å². The van der Waals surface area contributed by atoms with Crippen LogP contribution >= 0.6 is 0 Å². The third-order valence-corrected chi connectivity index (χ3v) is 6.02. The van der Waals surface area contributed by atoms with Crippen molar-refractivity contribution < 1.29 is 14.6 Å². The molecule has 0 radical (unpaired) electrons. The summed E-state index contributed by atoms with van der Waals surface area (Å²) in [6, 6.07) is 10.4. The molecule has 1 N–H and O–H groups in total. The first kappa shape index (κ1) is 23.7. The molecular formula is C26H40O3. The Bertz CT molecular complexity index is 593. The summed E-state index contributed by atoms with van der Waals surface area (Å²) in [6.45, 7) is 3.77. The van der Waals surface area contributed by atoms with E-state index < -0.39 is 0 Å². The zero-order valence-corrected chi connectivity index (χ0v) is 18.4. The van der Waals surface area contributed by atoms with Gasteiger partial charge in [0.05, 0.1) is 12.2 Å². The molecule has 0 heterocycles. The fourth-order valence-electron chi connectivity index (χ4n) is 4.41. The molecule has 2 rings (SSSR count). The number of esters is 1. The molecule has 3 atom stereocenters. The molecule has 1 aliphatic rings. The van der Waals surface area contributed by atoms with Crippen molar-refractivity contribution >= 4 is 5.97 Å². The fourth-order valence-corrected chi connectivity index (χ4v) is 4.41. The van der Waals surface area contributed by atoms with E-state index in [9.17, 15) is 9.90 Å². The molecule has 3 nitrogen and oxygen atoms in total. The summed E-state index contributed by atoms with van der Waals surface area (Å²) in [5, 5.41) is 10.4. The van der Waals surface area contributed by atoms with Gasteiger partial charge in [0.15, 0.2) is 0 Å². The summed E-state index contributed by atoms with van der Waals surface area (Å²) in [6.07, 6.45) is 15.6. The topological polar surface area (TPSA) is 46.5 Å². The van der Waals surface area contributed by atoms with Crippen LogP contribution in [0.4, 0.5) is 0 Å². The summed E-state index contributed by atoms with van der Waals surface area (Å²) >= 11 is 0. The first-order valence-corrected chi connectivity index (χ1v) is 11.6. The van der Waals surface area contributed by atoms with Crippen LogP contribution in [0.2, 0.25) is 0 Å². The van der Waals surface area contributed by atoms with E-state index in [0.717, 1.165) is 56.8 Å². The quantitative estimate of drug-likeness (QED) is 0.242. The lowest BCUT2D eigenvalue weighted by molar-refractivity contribution is -0.147. The van der Waals surface area contributed by atoms with E-state index in [1.165, 1.54) is 24.8 Å². The number of ether oxygens (including phenoxy) is 1. The molecule has 162 valence electrons. The Labute approximate surface area is 177 Å². The van der Waals surface area contributed by atoms with Crippen LogP contribution in [0.5, 0.6) is 0 Å². The van der Waals surface area contributed by atoms with Gasteiger partial charge in [-0.05, 0) is 82.6 Å². The summed E-state index contributed by atoms with van der Waals surface area (Å²) in [5.74, 6) is 1.43. The Balaban J connectivity index is 1.58. The Morgan fingerprint density at radius 1 is 1.14 bits per heavy atom. The van der Waals surface area contributed by atoms with E-state index in [1.807, 2.05) is 19.9 Å². The van der Waals surface area contributed by atoms with Gasteiger partial charge in [-0.25, -0.2) is 0 Å². The van der Waals surface area contributed by atoms with Gasteiger partial charge in [0.1, 0.15) is 0 Å². The van der Waals surface area contributed by atoms with Crippen LogP contribution in [-0.4, -0.2) is 23.3 Å². The zero-order valence-electron chi connectivity index (χ0n) is 18.4. The molecule has 1 unspecified atom stereocenters. The summed E-state index contributed by atoms with van der Waals surface area (Å²) in [7, 11) is 0. The van der Waals surface area contributed by atoms with Gasteiger partial charge in [-0.1, -0.05) is 55.3 Å². The highest BCUT2D eigenvalue weighted by Crippen LogP contribution is 2.37. The van der Waals surface area contributed by atoms with Gasteiger partial charge in [0.2, 0.25) is 0 Å². The molecule has 1 aliphatic carbocycles. The predicted molar refractivity (Wildman–Crippen MR) is 120 cm³/mol. The number of allylic oxidation sites excluding steroid dienone is 2. The molecule has 1 aromatic rings. The number of hydrogen-bond donors (Lipinski definition) is 1. The van der Waals surface area contributed by atoms with Crippen LogP contribution in [0.15, 0.2) is 42.5 Å². The van der Waals surface area contributed by atoms with E-state index >= 15 is 0 Å². The lowest BCUT2D eigenvalue weighted by atomic mass is 9.87. The number of aliphatic hydroxyl groups excluding tert-OH is 1. The molecule has 0 bridgehead atoms. The normalized spacial score (nSPS) is 20.4. The lowest BCUT2D eigenvalue weighted by Crippen LogP contribution is -2.13. The Morgan fingerprint density at radius 3 is 2.66 bits per heavy atom. The van der Waals surface area contributed by atoms with Crippen molar-refractivity contribution in [2.45, 2.75) is 96.7 Å². The van der Waals surface area contributed by atoms with Crippen LogP contribution in [0.3, 0.4) is 0 Å². The molecule has 0 amide bonds. The van der Waals surface area contributed by atoms with E-state index in [4.69, 9.17) is 4.74 Å². The average molecular weight is 401 g/mol. The Hall–Kier alpha value is -1.61. The molecule has 29 heavy (non-hydrogen) atoms. The van der Waals surface area contributed by atoms with Crippen molar-refractivity contribution in [2.24, 2.45) is 11.8 Å². The second-order valence-electron chi connectivity index (χ2n) is 8.84. The summed E-state index contributed by atoms with van der Waals surface area (Å²) in [4.78, 5) is 11.5. The van der Waals surface area contributed by atoms with Crippen LogP contribution in [0, 0.1) is 11.8 Å². The summed E-state index contributed by atoms with van der Waals surface area (Å²) in [5.41, 5.74) is 1.31. The average Bonchev–Trinajstić information content (AvgIpc) is 3.15. The Kier molecular flexibility index (Phi) is 11.1. The summed E-state index contributed by atoms with van der Waals surface area (Å²) < 4.78 is 5.16. The van der Waals surface area contributed by atoms with Crippen LogP contribution in [0.1, 0.15) is 83.6 Å². The van der Waals surface area contributed by atoms with Crippen molar-refractivity contribution in [1.82, 2.24) is 0 Å². The third-order valence-electron chi connectivity index (χ3n) is 6.02. The van der Waals surface area contributed by atoms with Gasteiger partial charge in [-0.3, -0.25) is 4.79 Å². The number of aryl methyl sites for hydroxylation is 1. The van der Waals surface area contributed by atoms with E-state index in [-0.39, 0.29) is 18.2 Å². The van der Waals surface area contributed by atoms with Crippen molar-refractivity contribution in [2.75, 3.05) is 0 Å². The van der Waals surface area contributed by atoms with Crippen LogP contribution in [0.25, 0.3) is 0 Å². The molecule has 3 heteroatoms. The highest BCUT2D eigenvalue weighted by molar-refractivity contribution is 5.69. The third kappa shape index (κ3) is 10.1. The molecule has 1 fully saturated rings. The van der Waals surface area contributed by atoms with Gasteiger partial charge in [0.25, 0.3) is 0 Å². The first-order chi connectivity index (χ1) is 14.0. The molecule has 1 saturated carbocycles. The molecule has 0 saturated heterocycles. The standard InChI is InChI=1S/C26H40O3/c1-21(2)29-26(28)16-9-4-3-8-13-23-14-10-15-24(23)18-20-25(27)19-17-22-11-6-5-7-12-22/h3,5-8,11-12,21,23-25,27H,4,9-10,13-20H2,1-2H3/b8-3-/t23-,24?,25-/m0/s1. The largest absolute Gasteiger partial charge is 0.463 e. The maximum atomic E-state index is 11.5. The molecule has 0 aromatic heterocycles. The van der Waals surface area contributed by atoms with Crippen molar-refractivity contribution in [3.8, 4) is 0 Å². The number of unbranched alkanes of at least 4 members (excludes halogenated alkanes) is 1. The number of aliphatic hydroxyl groups is 1. The number of carbonyl (C=O) groups is 1. The first-order valence-electron chi connectivity index (χ1n) is 11.6. The zero-order chi connectivity index (χ0) is 20.9. The molecular weight excluding hydrogens is 360 g/mol. The van der Waals surface area contributed by atoms with Gasteiger partial charge >= 0.3 is 5.97 Å². The van der Waals surface area contributed by atoms with Crippen molar-refractivity contribution in [3.63, 3.8) is 0 Å². The second-order valence-corrected chi connectivity index (χ2v) is 8.84. The molecule has 0 aliphatic heterocycles. The second kappa shape index (κ2) is 13.6. The van der Waals surface area contributed by atoms with Crippen LogP contribution in [-0.2, 0) is 16.0 Å². The van der Waals surface area contributed by atoms with E-state index in [0.29, 0.717) is 6.42 Å². The number of benzene rings is 1. The number of rotatable bonds is 13. The van der Waals surface area contributed by atoms with Crippen molar-refractivity contribution in [1.29, 1.82) is 0 Å². The molecule has 1 aromatic carbocycles. The van der Waals surface area contributed by atoms with Crippen molar-refractivity contribution in [3.05, 3.63) is 48.0 Å². The highest BCUT2D eigenvalue weighted by Gasteiger charge is 2.26. The predicted octanol–water partition coefficient (Wildman–Crippen LogP) is 6.24. The number of carbonyl (C=O) groups excluding carboxylic acids is 1. The number of hydrogen-bond acceptors (Lipinski definition) is 3. The minimum Gasteiger partial charge on any atom is -0.463 e. The van der Waals surface area contributed by atoms with Crippen LogP contribution < -0.4 is 0 Å². The lowest BCUT2D eigenvalue weighted by Gasteiger charge is -2.20. The SMILES string of the molecule is CC(C)OC(=O)CCC/C=C\C[C@H]1CCCC1CC[C@@H](O)CCc1ccccc1. The minimum atomic E-state index is -0.183. The Morgan fingerprint density at radius 2 is 1.90 bits per heavy atom. The monoisotopic (exact) mass is 400 g/mol.